The van der Waals surface area contributed by atoms with Crippen molar-refractivity contribution in [2.75, 3.05) is 7.05 Å². The van der Waals surface area contributed by atoms with E-state index >= 15 is 0 Å². The molecule has 0 fully saturated rings. The monoisotopic (exact) mass is 251 g/mol. The van der Waals surface area contributed by atoms with Crippen LogP contribution in [0.1, 0.15) is 26.7 Å². The van der Waals surface area contributed by atoms with Crippen molar-refractivity contribution in [2.45, 2.75) is 36.8 Å². The van der Waals surface area contributed by atoms with Gasteiger partial charge in [0.1, 0.15) is 6.04 Å². The Morgan fingerprint density at radius 2 is 1.93 bits per heavy atom. The number of thiol groups is 2. The molecular weight excluding hydrogens is 234 g/mol. The number of carbonyl (C=O) groups excluding carboxylic acids is 1. The molecule has 0 bridgehead atoms. The fourth-order valence-corrected chi connectivity index (χ4v) is 1.13. The van der Waals surface area contributed by atoms with Crippen LogP contribution in [0.3, 0.4) is 0 Å². The van der Waals surface area contributed by atoms with Crippen LogP contribution in [0.2, 0.25) is 0 Å². The first-order valence-corrected chi connectivity index (χ1v) is 5.48. The first-order chi connectivity index (χ1) is 6.65. The van der Waals surface area contributed by atoms with Gasteiger partial charge in [-0.1, -0.05) is 0 Å². The van der Waals surface area contributed by atoms with Crippen molar-refractivity contribution in [3.8, 4) is 0 Å². The number of hydrogen-bond acceptors (Lipinski definition) is 4. The normalized spacial score (nSPS) is 13.4. The molecule has 0 unspecified atom stereocenters. The molecule has 6 heteroatoms. The zero-order valence-electron chi connectivity index (χ0n) is 9.10. The zero-order chi connectivity index (χ0) is 12.2. The van der Waals surface area contributed by atoms with Gasteiger partial charge in [0.25, 0.3) is 0 Å². The average molecular weight is 251 g/mol. The fourth-order valence-electron chi connectivity index (χ4n) is 0.902. The Balaban J connectivity index is 4.17. The van der Waals surface area contributed by atoms with Crippen LogP contribution in [-0.4, -0.2) is 39.1 Å². The zero-order valence-corrected chi connectivity index (χ0v) is 10.9. The van der Waals surface area contributed by atoms with Crippen molar-refractivity contribution >= 4 is 37.1 Å². The summed E-state index contributed by atoms with van der Waals surface area (Å²) < 4.78 is -0.511. The number of carbonyl (C=O) groups is 2. The highest BCUT2D eigenvalue weighted by Crippen LogP contribution is 2.24. The predicted molar refractivity (Wildman–Crippen MR) is 65.5 cm³/mol. The van der Waals surface area contributed by atoms with Gasteiger partial charge in [0, 0.05) is 13.5 Å². The summed E-state index contributed by atoms with van der Waals surface area (Å²) in [6.07, 6.45) is 0.742. The summed E-state index contributed by atoms with van der Waals surface area (Å²) in [5, 5.41) is 8.71. The molecule has 0 saturated heterocycles. The summed E-state index contributed by atoms with van der Waals surface area (Å²) in [5.41, 5.74) is 0. The summed E-state index contributed by atoms with van der Waals surface area (Å²) in [5.74, 6) is -1.22. The maximum atomic E-state index is 11.5. The van der Waals surface area contributed by atoms with E-state index in [-0.39, 0.29) is 12.3 Å². The minimum absolute atomic E-state index is 0.209. The molecule has 0 aliphatic rings. The van der Waals surface area contributed by atoms with Gasteiger partial charge in [-0.25, -0.2) is 4.79 Å². The Morgan fingerprint density at radius 3 is 2.27 bits per heavy atom. The Bertz CT molecular complexity index is 250. The van der Waals surface area contributed by atoms with Crippen LogP contribution in [0.15, 0.2) is 0 Å². The summed E-state index contributed by atoms with van der Waals surface area (Å²) in [4.78, 5) is 23.4. The van der Waals surface area contributed by atoms with E-state index in [2.05, 4.69) is 25.3 Å². The first kappa shape index (κ1) is 14.6. The highest BCUT2D eigenvalue weighted by molar-refractivity contribution is 8.00. The number of carboxylic acids is 1. The van der Waals surface area contributed by atoms with Crippen LogP contribution < -0.4 is 0 Å². The molecule has 0 aromatic heterocycles. The van der Waals surface area contributed by atoms with Crippen molar-refractivity contribution in [3.05, 3.63) is 0 Å². The lowest BCUT2D eigenvalue weighted by Crippen LogP contribution is -2.40. The molecule has 0 heterocycles. The summed E-state index contributed by atoms with van der Waals surface area (Å²) in [6, 6.07) is -0.802. The van der Waals surface area contributed by atoms with Crippen LogP contribution in [0.4, 0.5) is 0 Å². The van der Waals surface area contributed by atoms with Crippen LogP contribution in [0, 0.1) is 0 Å². The first-order valence-electron chi connectivity index (χ1n) is 4.58. The van der Waals surface area contributed by atoms with Gasteiger partial charge >= 0.3 is 5.97 Å². The number of amides is 1. The maximum Gasteiger partial charge on any atom is 0.326 e. The van der Waals surface area contributed by atoms with E-state index in [9.17, 15) is 9.59 Å². The lowest BCUT2D eigenvalue weighted by atomic mass is 10.2. The van der Waals surface area contributed by atoms with E-state index in [1.54, 1.807) is 6.92 Å². The van der Waals surface area contributed by atoms with Crippen molar-refractivity contribution in [1.82, 2.24) is 4.90 Å². The topological polar surface area (TPSA) is 57.6 Å². The summed E-state index contributed by atoms with van der Waals surface area (Å²) >= 11 is 8.33. The third-order valence-electron chi connectivity index (χ3n) is 2.14. The van der Waals surface area contributed by atoms with Gasteiger partial charge in [-0.2, -0.15) is 25.3 Å². The quantitative estimate of drug-likeness (QED) is 0.509. The fraction of sp³-hybridized carbons (Fsp3) is 0.778. The molecule has 0 radical (unpaired) electrons. The Hall–Kier alpha value is -0.360. The van der Waals surface area contributed by atoms with Crippen molar-refractivity contribution in [3.63, 3.8) is 0 Å². The van der Waals surface area contributed by atoms with Gasteiger partial charge in [-0.05, 0) is 20.3 Å². The molecule has 15 heavy (non-hydrogen) atoms. The summed E-state index contributed by atoms with van der Waals surface area (Å²) in [6.45, 7) is 3.26. The minimum atomic E-state index is -1.01. The van der Waals surface area contributed by atoms with E-state index < -0.39 is 16.1 Å². The van der Waals surface area contributed by atoms with Crippen molar-refractivity contribution in [1.29, 1.82) is 0 Å². The standard InChI is InChI=1S/C9H17NO3S2/c1-6(8(12)13)10(3)7(11)4-5-9(2,14)15/h6,14-15H,4-5H2,1-3H3,(H,12,13)/t6-/m0/s1. The Kier molecular flexibility index (Phi) is 5.51. The van der Waals surface area contributed by atoms with Gasteiger partial charge in [0.15, 0.2) is 0 Å². The molecule has 1 amide bonds. The van der Waals surface area contributed by atoms with E-state index in [0.29, 0.717) is 6.42 Å². The van der Waals surface area contributed by atoms with Gasteiger partial charge in [-0.15, -0.1) is 0 Å². The van der Waals surface area contributed by atoms with Gasteiger partial charge in [-0.3, -0.25) is 4.79 Å². The van der Waals surface area contributed by atoms with Gasteiger partial charge < -0.3 is 10.0 Å². The minimum Gasteiger partial charge on any atom is -0.480 e. The highest BCUT2D eigenvalue weighted by Gasteiger charge is 2.23. The van der Waals surface area contributed by atoms with Crippen molar-refractivity contribution < 1.29 is 14.7 Å². The van der Waals surface area contributed by atoms with E-state index in [1.165, 1.54) is 18.9 Å². The van der Waals surface area contributed by atoms with Crippen molar-refractivity contribution in [2.24, 2.45) is 0 Å². The second-order valence-electron chi connectivity index (χ2n) is 3.74. The maximum absolute atomic E-state index is 11.5. The van der Waals surface area contributed by atoms with Crippen LogP contribution in [0.25, 0.3) is 0 Å². The molecule has 0 aromatic rings. The number of rotatable bonds is 5. The predicted octanol–water partition coefficient (Wildman–Crippen LogP) is 1.27. The van der Waals surface area contributed by atoms with Crippen LogP contribution >= 0.6 is 25.3 Å². The number of aliphatic carboxylic acids is 1. The van der Waals surface area contributed by atoms with E-state index in [0.717, 1.165) is 0 Å². The Labute approximate surface area is 101 Å². The SMILES string of the molecule is C[C@@H](C(=O)O)N(C)C(=O)CCC(C)(S)S. The van der Waals surface area contributed by atoms with Crippen LogP contribution in [-0.2, 0) is 9.59 Å². The molecular formula is C9H17NO3S2. The molecule has 0 aliphatic heterocycles. The number of carboxylic acid groups (broad SMARTS) is 1. The van der Waals surface area contributed by atoms with Gasteiger partial charge in [0.05, 0.1) is 4.08 Å². The lowest BCUT2D eigenvalue weighted by Gasteiger charge is -2.23. The number of likely N-dealkylation sites (N-methyl/N-ethyl adjacent to an activating group) is 1. The molecule has 0 aromatic carbocycles. The third kappa shape index (κ3) is 5.94. The molecule has 1 atom stereocenters. The third-order valence-corrected chi connectivity index (χ3v) is 2.59. The average Bonchev–Trinajstić information content (AvgIpc) is 2.10. The molecule has 1 N–H and O–H groups in total. The molecule has 88 valence electrons. The smallest absolute Gasteiger partial charge is 0.326 e. The number of hydrogen-bond donors (Lipinski definition) is 3. The molecule has 0 spiro atoms. The Morgan fingerprint density at radius 1 is 1.47 bits per heavy atom. The second kappa shape index (κ2) is 5.65. The van der Waals surface area contributed by atoms with E-state index in [4.69, 9.17) is 5.11 Å². The molecule has 0 aliphatic carbocycles. The lowest BCUT2D eigenvalue weighted by molar-refractivity contribution is -0.148. The second-order valence-corrected chi connectivity index (χ2v) is 6.06. The largest absolute Gasteiger partial charge is 0.480 e. The highest BCUT2D eigenvalue weighted by atomic mass is 32.2. The molecule has 0 saturated carbocycles. The van der Waals surface area contributed by atoms with Crippen LogP contribution in [0.5, 0.6) is 0 Å². The van der Waals surface area contributed by atoms with E-state index in [1.807, 2.05) is 0 Å². The van der Waals surface area contributed by atoms with Gasteiger partial charge in [0.2, 0.25) is 5.91 Å². The molecule has 4 nitrogen and oxygen atoms in total. The molecule has 0 rings (SSSR count). The summed E-state index contributed by atoms with van der Waals surface area (Å²) in [7, 11) is 1.48. The number of nitrogens with zero attached hydrogens (tertiary/aromatic N) is 1.